The summed E-state index contributed by atoms with van der Waals surface area (Å²) < 4.78 is 33.8. The molecule has 0 aliphatic carbocycles. The molecule has 0 unspecified atom stereocenters. The molecule has 1 aromatic heterocycles. The second kappa shape index (κ2) is 9.10. The lowest BCUT2D eigenvalue weighted by Crippen LogP contribution is -2.14. The number of hydrogen-bond donors (Lipinski definition) is 1. The van der Waals surface area contributed by atoms with Gasteiger partial charge in [0.25, 0.3) is 16.8 Å². The van der Waals surface area contributed by atoms with Crippen molar-refractivity contribution < 1.29 is 27.7 Å². The summed E-state index contributed by atoms with van der Waals surface area (Å²) in [5.41, 5.74) is 0.389. The van der Waals surface area contributed by atoms with Gasteiger partial charge in [-0.3, -0.25) is 14.9 Å². The molecule has 1 N–H and O–H groups in total. The van der Waals surface area contributed by atoms with Crippen molar-refractivity contribution in [1.29, 1.82) is 0 Å². The molecule has 0 radical (unpaired) electrons. The zero-order chi connectivity index (χ0) is 20.8. The standard InChI is InChI=1S/C17H12F2N4O5S/c18-16(19)27-11-7-5-10(6-8-11)20-14(24)9-29-17-22-21-15(28-17)12-3-1-2-4-13(12)23(25)26/h1-8,16H,9H2,(H,20,24). The van der Waals surface area contributed by atoms with Crippen LogP contribution in [0, 0.1) is 10.1 Å². The summed E-state index contributed by atoms with van der Waals surface area (Å²) in [7, 11) is 0. The van der Waals surface area contributed by atoms with Gasteiger partial charge < -0.3 is 14.5 Å². The van der Waals surface area contributed by atoms with Crippen LogP contribution in [-0.4, -0.2) is 33.4 Å². The van der Waals surface area contributed by atoms with E-state index in [0.717, 1.165) is 11.8 Å². The summed E-state index contributed by atoms with van der Waals surface area (Å²) in [5, 5.41) is 21.3. The van der Waals surface area contributed by atoms with Crippen molar-refractivity contribution in [2.24, 2.45) is 0 Å². The van der Waals surface area contributed by atoms with Gasteiger partial charge in [0, 0.05) is 11.8 Å². The summed E-state index contributed by atoms with van der Waals surface area (Å²) in [6.07, 6.45) is 0. The minimum Gasteiger partial charge on any atom is -0.435 e. The molecule has 29 heavy (non-hydrogen) atoms. The van der Waals surface area contributed by atoms with E-state index in [4.69, 9.17) is 4.42 Å². The highest BCUT2D eigenvalue weighted by molar-refractivity contribution is 7.99. The van der Waals surface area contributed by atoms with Gasteiger partial charge >= 0.3 is 6.61 Å². The largest absolute Gasteiger partial charge is 0.435 e. The fourth-order valence-corrected chi connectivity index (χ4v) is 2.80. The number of halogens is 2. The van der Waals surface area contributed by atoms with Gasteiger partial charge in [-0.2, -0.15) is 8.78 Å². The molecule has 0 aliphatic rings. The van der Waals surface area contributed by atoms with Gasteiger partial charge in [-0.1, -0.05) is 23.9 Å². The smallest absolute Gasteiger partial charge is 0.387 e. The van der Waals surface area contributed by atoms with Crippen molar-refractivity contribution in [3.8, 4) is 17.2 Å². The average molecular weight is 422 g/mol. The Kier molecular flexibility index (Phi) is 6.34. The molecule has 9 nitrogen and oxygen atoms in total. The molecule has 3 aromatic rings. The van der Waals surface area contributed by atoms with Gasteiger partial charge in [0.05, 0.1) is 10.7 Å². The fraction of sp³-hybridized carbons (Fsp3) is 0.118. The molecule has 0 spiro atoms. The van der Waals surface area contributed by atoms with Gasteiger partial charge in [0.2, 0.25) is 5.91 Å². The summed E-state index contributed by atoms with van der Waals surface area (Å²) in [4.78, 5) is 22.5. The lowest BCUT2D eigenvalue weighted by Gasteiger charge is -2.06. The average Bonchev–Trinajstić information content (AvgIpc) is 3.16. The predicted molar refractivity (Wildman–Crippen MR) is 98.8 cm³/mol. The Balaban J connectivity index is 1.57. The number of thioether (sulfide) groups is 1. The highest BCUT2D eigenvalue weighted by Crippen LogP contribution is 2.30. The molecule has 0 fully saturated rings. The van der Waals surface area contributed by atoms with Crippen LogP contribution in [0.15, 0.2) is 58.2 Å². The van der Waals surface area contributed by atoms with Gasteiger partial charge in [-0.05, 0) is 30.3 Å². The molecule has 0 saturated carbocycles. The van der Waals surface area contributed by atoms with Crippen LogP contribution in [0.5, 0.6) is 5.75 Å². The second-order valence-electron chi connectivity index (χ2n) is 5.39. The number of rotatable bonds is 8. The highest BCUT2D eigenvalue weighted by atomic mass is 32.2. The van der Waals surface area contributed by atoms with E-state index < -0.39 is 17.4 Å². The molecular formula is C17H12F2N4O5S. The SMILES string of the molecule is O=C(CSc1nnc(-c2ccccc2[N+](=O)[O-])o1)Nc1ccc(OC(F)F)cc1. The van der Waals surface area contributed by atoms with E-state index >= 15 is 0 Å². The van der Waals surface area contributed by atoms with E-state index in [0.29, 0.717) is 5.69 Å². The predicted octanol–water partition coefficient (Wildman–Crippen LogP) is 3.98. The monoisotopic (exact) mass is 422 g/mol. The zero-order valence-electron chi connectivity index (χ0n) is 14.5. The normalized spacial score (nSPS) is 10.7. The van der Waals surface area contributed by atoms with Gasteiger partial charge in [-0.25, -0.2) is 0 Å². The molecule has 0 saturated heterocycles. The van der Waals surface area contributed by atoms with Crippen molar-refractivity contribution in [2.45, 2.75) is 11.8 Å². The number of nitrogens with one attached hydrogen (secondary N) is 1. The number of amides is 1. The summed E-state index contributed by atoms with van der Waals surface area (Å²) in [6, 6.07) is 11.3. The summed E-state index contributed by atoms with van der Waals surface area (Å²) in [5.74, 6) is -0.535. The first kappa shape index (κ1) is 20.2. The van der Waals surface area contributed by atoms with E-state index in [1.165, 1.54) is 42.5 Å². The van der Waals surface area contributed by atoms with Crippen LogP contribution in [0.2, 0.25) is 0 Å². The van der Waals surface area contributed by atoms with E-state index in [2.05, 4.69) is 20.3 Å². The number of anilines is 1. The minimum absolute atomic E-state index is 0.0271. The molecule has 2 aromatic carbocycles. The number of aromatic nitrogens is 2. The number of nitro benzene ring substituents is 1. The maximum Gasteiger partial charge on any atom is 0.387 e. The van der Waals surface area contributed by atoms with Crippen LogP contribution in [-0.2, 0) is 4.79 Å². The third kappa shape index (κ3) is 5.48. The van der Waals surface area contributed by atoms with E-state index in [1.807, 2.05) is 0 Å². The molecule has 1 amide bonds. The number of benzene rings is 2. The van der Waals surface area contributed by atoms with Crippen LogP contribution < -0.4 is 10.1 Å². The van der Waals surface area contributed by atoms with E-state index in [9.17, 15) is 23.7 Å². The Morgan fingerprint density at radius 2 is 1.93 bits per heavy atom. The molecule has 12 heteroatoms. The van der Waals surface area contributed by atoms with Crippen LogP contribution in [0.3, 0.4) is 0 Å². The van der Waals surface area contributed by atoms with E-state index in [1.54, 1.807) is 6.07 Å². The third-order valence-electron chi connectivity index (χ3n) is 3.43. The topological polar surface area (TPSA) is 120 Å². The third-order valence-corrected chi connectivity index (χ3v) is 4.25. The Hall–Kier alpha value is -3.54. The van der Waals surface area contributed by atoms with Crippen molar-refractivity contribution in [2.75, 3.05) is 11.1 Å². The highest BCUT2D eigenvalue weighted by Gasteiger charge is 2.20. The molecule has 0 bridgehead atoms. The van der Waals surface area contributed by atoms with Crippen molar-refractivity contribution in [3.63, 3.8) is 0 Å². The van der Waals surface area contributed by atoms with Crippen LogP contribution in [0.1, 0.15) is 0 Å². The fourth-order valence-electron chi connectivity index (χ4n) is 2.23. The molecule has 150 valence electrons. The second-order valence-corrected chi connectivity index (χ2v) is 6.31. The van der Waals surface area contributed by atoms with Crippen molar-refractivity contribution in [1.82, 2.24) is 10.2 Å². The number of ether oxygens (including phenoxy) is 1. The number of carbonyl (C=O) groups is 1. The Labute approximate surface area is 166 Å². The van der Waals surface area contributed by atoms with E-state index in [-0.39, 0.29) is 33.9 Å². The van der Waals surface area contributed by atoms with Crippen LogP contribution in [0.4, 0.5) is 20.2 Å². The molecule has 0 aliphatic heterocycles. The molecule has 3 rings (SSSR count). The number of carbonyl (C=O) groups excluding carboxylic acids is 1. The lowest BCUT2D eigenvalue weighted by atomic mass is 10.2. The number of nitro groups is 1. The van der Waals surface area contributed by atoms with Gasteiger partial charge in [0.15, 0.2) is 0 Å². The van der Waals surface area contributed by atoms with Crippen LogP contribution >= 0.6 is 11.8 Å². The number of alkyl halides is 2. The number of para-hydroxylation sites is 1. The Morgan fingerprint density at radius 1 is 1.21 bits per heavy atom. The maximum atomic E-state index is 12.1. The number of nitrogens with zero attached hydrogens (tertiary/aromatic N) is 3. The van der Waals surface area contributed by atoms with Crippen molar-refractivity contribution >= 4 is 29.0 Å². The summed E-state index contributed by atoms with van der Waals surface area (Å²) in [6.45, 7) is -2.93. The Morgan fingerprint density at radius 3 is 2.62 bits per heavy atom. The maximum absolute atomic E-state index is 12.1. The number of hydrogen-bond acceptors (Lipinski definition) is 8. The van der Waals surface area contributed by atoms with Crippen LogP contribution in [0.25, 0.3) is 11.5 Å². The van der Waals surface area contributed by atoms with Crippen molar-refractivity contribution in [3.05, 3.63) is 58.6 Å². The molecule has 0 atom stereocenters. The van der Waals surface area contributed by atoms with Gasteiger partial charge in [0.1, 0.15) is 11.3 Å². The van der Waals surface area contributed by atoms with Gasteiger partial charge in [-0.15, -0.1) is 10.2 Å². The molecular weight excluding hydrogens is 410 g/mol. The first-order valence-electron chi connectivity index (χ1n) is 7.97. The first-order valence-corrected chi connectivity index (χ1v) is 8.96. The zero-order valence-corrected chi connectivity index (χ0v) is 15.3. The minimum atomic E-state index is -2.93. The Bertz CT molecular complexity index is 1010. The summed E-state index contributed by atoms with van der Waals surface area (Å²) >= 11 is 0.943. The molecule has 1 heterocycles. The first-order chi connectivity index (χ1) is 13.9. The quantitative estimate of drug-likeness (QED) is 0.329. The lowest BCUT2D eigenvalue weighted by molar-refractivity contribution is -0.384.